The summed E-state index contributed by atoms with van der Waals surface area (Å²) in [7, 11) is 7.32. The second-order valence-electron chi connectivity index (χ2n) is 6.86. The zero-order chi connectivity index (χ0) is 19.5. The smallest absolute Gasteiger partial charge is 0.191 e. The molecule has 0 aliphatic carbocycles. The second-order valence-corrected chi connectivity index (χ2v) is 6.86. The summed E-state index contributed by atoms with van der Waals surface area (Å²) >= 11 is 0. The quantitative estimate of drug-likeness (QED) is 0.319. The van der Waals surface area contributed by atoms with Gasteiger partial charge in [-0.15, -0.1) is 24.0 Å². The first-order valence-electron chi connectivity index (χ1n) is 9.72. The maximum atomic E-state index is 5.36. The highest BCUT2D eigenvalue weighted by Crippen LogP contribution is 2.27. The molecule has 0 unspecified atom stereocenters. The molecule has 0 bridgehead atoms. The van der Waals surface area contributed by atoms with Gasteiger partial charge in [0.2, 0.25) is 0 Å². The summed E-state index contributed by atoms with van der Waals surface area (Å²) in [4.78, 5) is 9.24. The third-order valence-corrected chi connectivity index (χ3v) is 4.91. The average molecular weight is 505 g/mol. The largest absolute Gasteiger partial charge is 0.493 e. The molecule has 8 heteroatoms. The number of nitrogens with zero attached hydrogens (tertiary/aromatic N) is 3. The first kappa shape index (κ1) is 24.8. The Morgan fingerprint density at radius 3 is 2.50 bits per heavy atom. The van der Waals surface area contributed by atoms with Crippen LogP contribution in [0.1, 0.15) is 12.0 Å². The standard InChI is InChI=1S/C20H35N5O2.HI/c1-21-20(23-10-13-25-12-5-11-24(2)14-15-25)22-9-8-17-6-7-18(26-3)19(16-17)27-4;/h6-7,16H,5,8-15H2,1-4H3,(H2,21,22,23);1H. The van der Waals surface area contributed by atoms with Crippen LogP contribution in [-0.4, -0.2) is 89.9 Å². The Morgan fingerprint density at radius 1 is 1.04 bits per heavy atom. The van der Waals surface area contributed by atoms with Gasteiger partial charge in [0.1, 0.15) is 0 Å². The minimum Gasteiger partial charge on any atom is -0.493 e. The summed E-state index contributed by atoms with van der Waals surface area (Å²) in [5.41, 5.74) is 1.20. The van der Waals surface area contributed by atoms with E-state index in [1.807, 2.05) is 19.2 Å². The molecule has 1 saturated heterocycles. The summed E-state index contributed by atoms with van der Waals surface area (Å²) < 4.78 is 10.6. The fourth-order valence-electron chi connectivity index (χ4n) is 3.24. The third-order valence-electron chi connectivity index (χ3n) is 4.91. The van der Waals surface area contributed by atoms with Gasteiger partial charge >= 0.3 is 0 Å². The van der Waals surface area contributed by atoms with Gasteiger partial charge in [-0.3, -0.25) is 4.99 Å². The summed E-state index contributed by atoms with van der Waals surface area (Å²) in [6.45, 7) is 7.43. The Hall–Kier alpha value is -1.26. The maximum Gasteiger partial charge on any atom is 0.191 e. The molecule has 1 heterocycles. The number of likely N-dealkylation sites (N-methyl/N-ethyl adjacent to an activating group) is 1. The van der Waals surface area contributed by atoms with Gasteiger partial charge in [-0.1, -0.05) is 6.07 Å². The molecular weight excluding hydrogens is 469 g/mol. The zero-order valence-electron chi connectivity index (χ0n) is 17.7. The number of hydrogen-bond acceptors (Lipinski definition) is 5. The Bertz CT molecular complexity index is 600. The predicted octanol–water partition coefficient (Wildman–Crippen LogP) is 1.67. The summed E-state index contributed by atoms with van der Waals surface area (Å²) in [6.07, 6.45) is 2.13. The van der Waals surface area contributed by atoms with E-state index in [2.05, 4.69) is 38.5 Å². The third kappa shape index (κ3) is 8.40. The highest BCUT2D eigenvalue weighted by molar-refractivity contribution is 14.0. The van der Waals surface area contributed by atoms with Crippen molar-refractivity contribution in [3.8, 4) is 11.5 Å². The number of halogens is 1. The average Bonchev–Trinajstić information content (AvgIpc) is 2.90. The van der Waals surface area contributed by atoms with E-state index in [9.17, 15) is 0 Å². The fraction of sp³-hybridized carbons (Fsp3) is 0.650. The van der Waals surface area contributed by atoms with E-state index in [1.165, 1.54) is 25.1 Å². The minimum atomic E-state index is 0. The lowest BCUT2D eigenvalue weighted by molar-refractivity contribution is 0.280. The van der Waals surface area contributed by atoms with Crippen molar-refractivity contribution >= 4 is 29.9 Å². The van der Waals surface area contributed by atoms with Gasteiger partial charge in [-0.2, -0.15) is 0 Å². The SMILES string of the molecule is CN=C(NCCc1ccc(OC)c(OC)c1)NCCN1CCCN(C)CC1.I. The Labute approximate surface area is 186 Å². The van der Waals surface area contributed by atoms with Crippen LogP contribution in [-0.2, 0) is 6.42 Å². The lowest BCUT2D eigenvalue weighted by Crippen LogP contribution is -2.42. The number of aliphatic imine (C=N–C) groups is 1. The predicted molar refractivity (Wildman–Crippen MR) is 127 cm³/mol. The van der Waals surface area contributed by atoms with E-state index in [-0.39, 0.29) is 24.0 Å². The molecule has 0 atom stereocenters. The molecule has 0 saturated carbocycles. The van der Waals surface area contributed by atoms with E-state index < -0.39 is 0 Å². The Kier molecular flexibility index (Phi) is 12.2. The molecule has 0 radical (unpaired) electrons. The number of guanidine groups is 1. The summed E-state index contributed by atoms with van der Waals surface area (Å²) in [5.74, 6) is 2.37. The van der Waals surface area contributed by atoms with E-state index in [4.69, 9.17) is 9.47 Å². The van der Waals surface area contributed by atoms with Crippen molar-refractivity contribution in [2.75, 3.05) is 74.1 Å². The molecule has 160 valence electrons. The van der Waals surface area contributed by atoms with Gasteiger partial charge in [0.05, 0.1) is 14.2 Å². The van der Waals surface area contributed by atoms with Crippen LogP contribution in [0.15, 0.2) is 23.2 Å². The summed E-state index contributed by atoms with van der Waals surface area (Å²) in [6, 6.07) is 6.03. The van der Waals surface area contributed by atoms with Crippen molar-refractivity contribution in [3.05, 3.63) is 23.8 Å². The van der Waals surface area contributed by atoms with Crippen molar-refractivity contribution in [1.82, 2.24) is 20.4 Å². The molecule has 0 amide bonds. The van der Waals surface area contributed by atoms with Crippen LogP contribution in [0.4, 0.5) is 0 Å². The topological polar surface area (TPSA) is 61.4 Å². The van der Waals surface area contributed by atoms with Crippen LogP contribution >= 0.6 is 24.0 Å². The number of methoxy groups -OCH3 is 2. The van der Waals surface area contributed by atoms with Crippen LogP contribution in [0.2, 0.25) is 0 Å². The molecule has 0 aromatic heterocycles. The zero-order valence-corrected chi connectivity index (χ0v) is 20.0. The normalized spacial score (nSPS) is 16.1. The molecule has 28 heavy (non-hydrogen) atoms. The van der Waals surface area contributed by atoms with E-state index >= 15 is 0 Å². The first-order valence-corrected chi connectivity index (χ1v) is 9.72. The Morgan fingerprint density at radius 2 is 1.79 bits per heavy atom. The highest BCUT2D eigenvalue weighted by atomic mass is 127. The van der Waals surface area contributed by atoms with Gasteiger partial charge in [0.15, 0.2) is 17.5 Å². The Balaban J connectivity index is 0.00000392. The van der Waals surface area contributed by atoms with Crippen LogP contribution in [0.5, 0.6) is 11.5 Å². The van der Waals surface area contributed by atoms with Crippen LogP contribution in [0.3, 0.4) is 0 Å². The van der Waals surface area contributed by atoms with Crippen molar-refractivity contribution < 1.29 is 9.47 Å². The van der Waals surface area contributed by atoms with Gasteiger partial charge < -0.3 is 29.9 Å². The molecule has 1 aromatic carbocycles. The van der Waals surface area contributed by atoms with Gasteiger partial charge in [-0.05, 0) is 50.7 Å². The van der Waals surface area contributed by atoms with Crippen LogP contribution in [0, 0.1) is 0 Å². The molecule has 7 nitrogen and oxygen atoms in total. The lowest BCUT2D eigenvalue weighted by Gasteiger charge is -2.21. The van der Waals surface area contributed by atoms with E-state index in [0.29, 0.717) is 0 Å². The minimum absolute atomic E-state index is 0. The molecule has 1 aliphatic rings. The van der Waals surface area contributed by atoms with Gasteiger partial charge in [0.25, 0.3) is 0 Å². The van der Waals surface area contributed by atoms with Crippen molar-refractivity contribution in [1.29, 1.82) is 0 Å². The highest BCUT2D eigenvalue weighted by Gasteiger charge is 2.11. The molecular formula is C20H36IN5O2. The van der Waals surface area contributed by atoms with E-state index in [1.54, 1.807) is 14.2 Å². The van der Waals surface area contributed by atoms with Crippen molar-refractivity contribution in [2.45, 2.75) is 12.8 Å². The van der Waals surface area contributed by atoms with Crippen LogP contribution < -0.4 is 20.1 Å². The van der Waals surface area contributed by atoms with Crippen molar-refractivity contribution in [3.63, 3.8) is 0 Å². The molecule has 1 aliphatic heterocycles. The molecule has 1 fully saturated rings. The molecule has 1 aromatic rings. The first-order chi connectivity index (χ1) is 13.2. The summed E-state index contributed by atoms with van der Waals surface area (Å²) in [5, 5.41) is 6.80. The number of benzene rings is 1. The second kappa shape index (κ2) is 13.8. The molecule has 0 spiro atoms. The number of hydrogen-bond donors (Lipinski definition) is 2. The maximum absolute atomic E-state index is 5.36. The van der Waals surface area contributed by atoms with Gasteiger partial charge in [0, 0.05) is 39.8 Å². The molecule has 2 rings (SSSR count). The van der Waals surface area contributed by atoms with Crippen LogP contribution in [0.25, 0.3) is 0 Å². The van der Waals surface area contributed by atoms with Crippen molar-refractivity contribution in [2.24, 2.45) is 4.99 Å². The molecule has 2 N–H and O–H groups in total. The monoisotopic (exact) mass is 505 g/mol. The lowest BCUT2D eigenvalue weighted by atomic mass is 10.1. The van der Waals surface area contributed by atoms with E-state index in [0.717, 1.165) is 56.6 Å². The number of nitrogens with one attached hydrogen (secondary N) is 2. The number of rotatable bonds is 8. The number of ether oxygens (including phenoxy) is 2. The van der Waals surface area contributed by atoms with Gasteiger partial charge in [-0.25, -0.2) is 0 Å². The fourth-order valence-corrected chi connectivity index (χ4v) is 3.24.